The monoisotopic (exact) mass is 269 g/mol. The van der Waals surface area contributed by atoms with E-state index in [4.69, 9.17) is 4.42 Å². The van der Waals surface area contributed by atoms with Crippen molar-refractivity contribution in [3.63, 3.8) is 0 Å². The summed E-state index contributed by atoms with van der Waals surface area (Å²) in [5.41, 5.74) is 4.38. The molecule has 0 spiro atoms. The van der Waals surface area contributed by atoms with Gasteiger partial charge in [0.25, 0.3) is 6.01 Å². The van der Waals surface area contributed by atoms with Crippen LogP contribution in [0, 0.1) is 13.8 Å². The summed E-state index contributed by atoms with van der Waals surface area (Å²) in [6, 6.07) is 9.35. The summed E-state index contributed by atoms with van der Waals surface area (Å²) in [5, 5.41) is 12.5. The third kappa shape index (κ3) is 2.56. The van der Waals surface area contributed by atoms with Crippen molar-refractivity contribution < 1.29 is 9.52 Å². The second kappa shape index (κ2) is 4.85. The van der Waals surface area contributed by atoms with E-state index in [1.165, 1.54) is 0 Å². The second-order valence-corrected chi connectivity index (χ2v) is 4.78. The summed E-state index contributed by atoms with van der Waals surface area (Å²) < 4.78 is 5.53. The molecule has 0 unspecified atom stereocenters. The first-order chi connectivity index (χ1) is 9.60. The van der Waals surface area contributed by atoms with Gasteiger partial charge in [-0.3, -0.25) is 4.98 Å². The molecule has 0 aliphatic rings. The Morgan fingerprint density at radius 1 is 1.10 bits per heavy atom. The van der Waals surface area contributed by atoms with E-state index in [0.29, 0.717) is 23.7 Å². The van der Waals surface area contributed by atoms with Gasteiger partial charge in [-0.25, -0.2) is 0 Å². The number of anilines is 1. The van der Waals surface area contributed by atoms with Crippen molar-refractivity contribution in [3.8, 4) is 5.75 Å². The lowest BCUT2D eigenvalue weighted by atomic mass is 10.2. The van der Waals surface area contributed by atoms with Crippen LogP contribution in [0.1, 0.15) is 17.0 Å². The van der Waals surface area contributed by atoms with Crippen LogP contribution < -0.4 is 5.32 Å². The van der Waals surface area contributed by atoms with Crippen molar-refractivity contribution in [2.24, 2.45) is 0 Å². The van der Waals surface area contributed by atoms with Gasteiger partial charge in [0.1, 0.15) is 11.3 Å². The molecule has 0 bridgehead atoms. The number of fused-ring (bicyclic) bond motifs is 1. The van der Waals surface area contributed by atoms with Crippen LogP contribution in [0.25, 0.3) is 11.1 Å². The Hall–Kier alpha value is -2.56. The fraction of sp³-hybridized carbons (Fsp3) is 0.200. The molecule has 102 valence electrons. The Balaban J connectivity index is 1.79. The molecular formula is C15H15N3O2. The van der Waals surface area contributed by atoms with Gasteiger partial charge in [-0.1, -0.05) is 0 Å². The lowest BCUT2D eigenvalue weighted by molar-refractivity contribution is 0.474. The number of nitrogens with zero attached hydrogens (tertiary/aromatic N) is 2. The van der Waals surface area contributed by atoms with E-state index in [1.807, 2.05) is 26.0 Å². The van der Waals surface area contributed by atoms with Crippen LogP contribution in [0.5, 0.6) is 5.75 Å². The molecule has 5 heteroatoms. The maximum atomic E-state index is 9.39. The minimum absolute atomic E-state index is 0.167. The zero-order valence-corrected chi connectivity index (χ0v) is 11.3. The predicted octanol–water partition coefficient (Wildman–Crippen LogP) is 3.16. The average Bonchev–Trinajstić information content (AvgIpc) is 2.77. The molecule has 20 heavy (non-hydrogen) atoms. The van der Waals surface area contributed by atoms with Crippen molar-refractivity contribution >= 4 is 17.1 Å². The number of nitrogens with one attached hydrogen (secondary N) is 1. The molecule has 0 radical (unpaired) electrons. The van der Waals surface area contributed by atoms with E-state index < -0.39 is 0 Å². The standard InChI is InChI=1S/C15H15N3O2/c1-9-5-11(6-10(2)17-9)8-16-15-18-13-4-3-12(19)7-14(13)20-15/h3-7,19H,8H2,1-2H3,(H,16,18). The largest absolute Gasteiger partial charge is 0.508 e. The number of benzene rings is 1. The number of oxazole rings is 1. The number of aryl methyl sites for hydroxylation is 2. The van der Waals surface area contributed by atoms with Crippen LogP contribution >= 0.6 is 0 Å². The van der Waals surface area contributed by atoms with Gasteiger partial charge in [0.15, 0.2) is 5.58 Å². The van der Waals surface area contributed by atoms with Gasteiger partial charge >= 0.3 is 0 Å². The summed E-state index contributed by atoms with van der Waals surface area (Å²) >= 11 is 0. The summed E-state index contributed by atoms with van der Waals surface area (Å²) in [7, 11) is 0. The summed E-state index contributed by atoms with van der Waals surface area (Å²) in [5.74, 6) is 0.167. The molecule has 1 aromatic carbocycles. The van der Waals surface area contributed by atoms with Crippen LogP contribution in [0.3, 0.4) is 0 Å². The van der Waals surface area contributed by atoms with Gasteiger partial charge in [0.2, 0.25) is 0 Å². The third-order valence-electron chi connectivity index (χ3n) is 2.96. The van der Waals surface area contributed by atoms with Crippen LogP contribution in [0.2, 0.25) is 0 Å². The summed E-state index contributed by atoms with van der Waals surface area (Å²) in [6.45, 7) is 4.56. The number of hydrogen-bond donors (Lipinski definition) is 2. The highest BCUT2D eigenvalue weighted by molar-refractivity contribution is 5.75. The highest BCUT2D eigenvalue weighted by atomic mass is 16.4. The number of pyridine rings is 1. The molecule has 5 nitrogen and oxygen atoms in total. The van der Waals surface area contributed by atoms with E-state index in [0.717, 1.165) is 17.0 Å². The van der Waals surface area contributed by atoms with E-state index in [2.05, 4.69) is 15.3 Å². The number of aromatic nitrogens is 2. The number of aromatic hydroxyl groups is 1. The Morgan fingerprint density at radius 3 is 2.60 bits per heavy atom. The topological polar surface area (TPSA) is 71.2 Å². The fourth-order valence-corrected chi connectivity index (χ4v) is 2.19. The Kier molecular flexibility index (Phi) is 3.02. The molecule has 2 heterocycles. The zero-order valence-electron chi connectivity index (χ0n) is 11.3. The lowest BCUT2D eigenvalue weighted by Gasteiger charge is -2.04. The molecule has 0 amide bonds. The van der Waals surface area contributed by atoms with Crippen LogP contribution in [0.15, 0.2) is 34.7 Å². The van der Waals surface area contributed by atoms with Crippen molar-refractivity contribution in [1.82, 2.24) is 9.97 Å². The van der Waals surface area contributed by atoms with E-state index in [9.17, 15) is 5.11 Å². The van der Waals surface area contributed by atoms with Gasteiger partial charge in [0.05, 0.1) is 0 Å². The minimum atomic E-state index is 0.167. The van der Waals surface area contributed by atoms with Gasteiger partial charge in [0, 0.05) is 24.0 Å². The van der Waals surface area contributed by atoms with Gasteiger partial charge in [-0.2, -0.15) is 4.98 Å². The quantitative estimate of drug-likeness (QED) is 0.764. The zero-order chi connectivity index (χ0) is 14.1. The highest BCUT2D eigenvalue weighted by Crippen LogP contribution is 2.23. The molecule has 3 rings (SSSR count). The molecule has 0 fully saturated rings. The molecule has 0 saturated carbocycles. The Labute approximate surface area is 116 Å². The number of hydrogen-bond acceptors (Lipinski definition) is 5. The van der Waals surface area contributed by atoms with Crippen LogP contribution in [-0.4, -0.2) is 15.1 Å². The molecule has 3 aromatic rings. The SMILES string of the molecule is Cc1cc(CNc2nc3ccc(O)cc3o2)cc(C)n1. The van der Waals surface area contributed by atoms with Crippen molar-refractivity contribution in [1.29, 1.82) is 0 Å². The van der Waals surface area contributed by atoms with Crippen LogP contribution in [0.4, 0.5) is 6.01 Å². The first-order valence-electron chi connectivity index (χ1n) is 6.38. The van der Waals surface area contributed by atoms with Crippen molar-refractivity contribution in [2.45, 2.75) is 20.4 Å². The highest BCUT2D eigenvalue weighted by Gasteiger charge is 2.06. The molecule has 0 atom stereocenters. The number of rotatable bonds is 3. The van der Waals surface area contributed by atoms with Gasteiger partial charge < -0.3 is 14.8 Å². The number of phenolic OH excluding ortho intramolecular Hbond substituents is 1. The third-order valence-corrected chi connectivity index (χ3v) is 2.96. The van der Waals surface area contributed by atoms with Crippen molar-refractivity contribution in [3.05, 3.63) is 47.3 Å². The van der Waals surface area contributed by atoms with Gasteiger partial charge in [-0.05, 0) is 43.7 Å². The first kappa shape index (κ1) is 12.5. The number of phenols is 1. The summed E-state index contributed by atoms with van der Waals surface area (Å²) in [6.07, 6.45) is 0. The molecule has 0 aliphatic carbocycles. The molecule has 2 N–H and O–H groups in total. The maximum Gasteiger partial charge on any atom is 0.295 e. The molecule has 2 aromatic heterocycles. The fourth-order valence-electron chi connectivity index (χ4n) is 2.19. The molecular weight excluding hydrogens is 254 g/mol. The van der Waals surface area contributed by atoms with Crippen LogP contribution in [-0.2, 0) is 6.54 Å². The Bertz CT molecular complexity index is 745. The molecule has 0 saturated heterocycles. The van der Waals surface area contributed by atoms with Crippen molar-refractivity contribution in [2.75, 3.05) is 5.32 Å². The average molecular weight is 269 g/mol. The second-order valence-electron chi connectivity index (χ2n) is 4.78. The first-order valence-corrected chi connectivity index (χ1v) is 6.38. The van der Waals surface area contributed by atoms with Gasteiger partial charge in [-0.15, -0.1) is 0 Å². The van der Waals surface area contributed by atoms with E-state index >= 15 is 0 Å². The van der Waals surface area contributed by atoms with E-state index in [1.54, 1.807) is 18.2 Å². The maximum absolute atomic E-state index is 9.39. The minimum Gasteiger partial charge on any atom is -0.508 e. The lowest BCUT2D eigenvalue weighted by Crippen LogP contribution is -2.01. The molecule has 0 aliphatic heterocycles. The van der Waals surface area contributed by atoms with E-state index in [-0.39, 0.29) is 5.75 Å². The normalized spacial score (nSPS) is 10.9. The Morgan fingerprint density at radius 2 is 1.85 bits per heavy atom. The smallest absolute Gasteiger partial charge is 0.295 e. The predicted molar refractivity (Wildman–Crippen MR) is 76.7 cm³/mol. The summed E-state index contributed by atoms with van der Waals surface area (Å²) in [4.78, 5) is 8.65.